The molecular formula is C18H36N2O2. The van der Waals surface area contributed by atoms with Gasteiger partial charge in [-0.25, -0.2) is 0 Å². The average molecular weight is 312 g/mol. The van der Waals surface area contributed by atoms with Gasteiger partial charge in [-0.2, -0.15) is 0 Å². The average Bonchev–Trinajstić information content (AvgIpc) is 2.54. The summed E-state index contributed by atoms with van der Waals surface area (Å²) >= 11 is 0. The van der Waals surface area contributed by atoms with E-state index in [4.69, 9.17) is 4.74 Å². The molecule has 0 amide bonds. The smallest absolute Gasteiger partial charge is 0.0695 e. The molecule has 1 saturated heterocycles. The van der Waals surface area contributed by atoms with Crippen molar-refractivity contribution in [2.45, 2.75) is 88.9 Å². The fourth-order valence-corrected chi connectivity index (χ4v) is 4.12. The lowest BCUT2D eigenvalue weighted by Crippen LogP contribution is -2.53. The summed E-state index contributed by atoms with van der Waals surface area (Å²) in [5.74, 6) is 0. The molecule has 22 heavy (non-hydrogen) atoms. The van der Waals surface area contributed by atoms with Crippen LogP contribution in [-0.2, 0) is 4.74 Å². The van der Waals surface area contributed by atoms with Gasteiger partial charge >= 0.3 is 0 Å². The van der Waals surface area contributed by atoms with Gasteiger partial charge in [0.2, 0.25) is 0 Å². The molecule has 1 aliphatic heterocycles. The molecule has 0 radical (unpaired) electrons. The summed E-state index contributed by atoms with van der Waals surface area (Å²) < 4.78 is 5.37. The number of hydrogen-bond acceptors (Lipinski definition) is 4. The summed E-state index contributed by atoms with van der Waals surface area (Å²) in [5, 5.41) is 14.0. The van der Waals surface area contributed by atoms with Crippen molar-refractivity contribution >= 4 is 0 Å². The van der Waals surface area contributed by atoms with Crippen molar-refractivity contribution in [1.29, 1.82) is 0 Å². The second-order valence-electron chi connectivity index (χ2n) is 7.19. The second kappa shape index (κ2) is 9.86. The van der Waals surface area contributed by atoms with Crippen molar-refractivity contribution in [1.82, 2.24) is 10.2 Å². The van der Waals surface area contributed by atoms with Crippen molar-refractivity contribution in [3.8, 4) is 0 Å². The number of piperidine rings is 1. The number of methoxy groups -OCH3 is 1. The Kier molecular flexibility index (Phi) is 8.15. The third-order valence-corrected chi connectivity index (χ3v) is 5.44. The van der Waals surface area contributed by atoms with Crippen LogP contribution in [0.4, 0.5) is 0 Å². The van der Waals surface area contributed by atoms with Crippen LogP contribution in [-0.4, -0.2) is 61.0 Å². The minimum atomic E-state index is -0.0935. The molecule has 1 heterocycles. The molecule has 2 fully saturated rings. The zero-order valence-electron chi connectivity index (χ0n) is 14.6. The molecule has 4 nitrogen and oxygen atoms in total. The first-order valence-electron chi connectivity index (χ1n) is 9.41. The SMILES string of the molecule is CCCCC(COC)NC1CCN(C2CCCCC2O)CC1. The molecule has 0 bridgehead atoms. The Balaban J connectivity index is 1.73. The van der Waals surface area contributed by atoms with Crippen LogP contribution >= 0.6 is 0 Å². The van der Waals surface area contributed by atoms with Gasteiger partial charge < -0.3 is 15.2 Å². The van der Waals surface area contributed by atoms with E-state index < -0.39 is 0 Å². The molecule has 0 aromatic heterocycles. The molecule has 4 heteroatoms. The van der Waals surface area contributed by atoms with Crippen molar-refractivity contribution in [3.63, 3.8) is 0 Å². The summed E-state index contributed by atoms with van der Waals surface area (Å²) in [5.41, 5.74) is 0. The molecule has 130 valence electrons. The number of nitrogens with zero attached hydrogens (tertiary/aromatic N) is 1. The Morgan fingerprint density at radius 2 is 1.91 bits per heavy atom. The number of ether oxygens (including phenoxy) is 1. The number of likely N-dealkylation sites (tertiary alicyclic amines) is 1. The number of aliphatic hydroxyl groups is 1. The van der Waals surface area contributed by atoms with E-state index in [0.717, 1.165) is 26.1 Å². The highest BCUT2D eigenvalue weighted by Crippen LogP contribution is 2.26. The second-order valence-corrected chi connectivity index (χ2v) is 7.19. The van der Waals surface area contributed by atoms with E-state index in [1.54, 1.807) is 7.11 Å². The molecule has 0 spiro atoms. The van der Waals surface area contributed by atoms with Crippen LogP contribution in [0.2, 0.25) is 0 Å². The Hall–Kier alpha value is -0.160. The Morgan fingerprint density at radius 1 is 1.18 bits per heavy atom. The minimum absolute atomic E-state index is 0.0935. The van der Waals surface area contributed by atoms with E-state index in [0.29, 0.717) is 18.1 Å². The lowest BCUT2D eigenvalue weighted by molar-refractivity contribution is 0.00582. The molecule has 3 unspecified atom stereocenters. The standard InChI is InChI=1S/C18H36N2O2/c1-3-4-7-16(14-22-2)19-15-10-12-20(13-11-15)17-8-5-6-9-18(17)21/h15-19,21H,3-14H2,1-2H3. The predicted octanol–water partition coefficient (Wildman–Crippen LogP) is 2.55. The first-order chi connectivity index (χ1) is 10.7. The van der Waals surface area contributed by atoms with E-state index in [9.17, 15) is 5.11 Å². The van der Waals surface area contributed by atoms with Gasteiger partial charge in [0, 0.05) is 38.3 Å². The normalized spacial score (nSPS) is 29.6. The number of aliphatic hydroxyl groups excluding tert-OH is 1. The van der Waals surface area contributed by atoms with Gasteiger partial charge in [-0.3, -0.25) is 4.90 Å². The lowest BCUT2D eigenvalue weighted by Gasteiger charge is -2.42. The molecule has 1 saturated carbocycles. The van der Waals surface area contributed by atoms with E-state index >= 15 is 0 Å². The zero-order chi connectivity index (χ0) is 15.8. The van der Waals surface area contributed by atoms with Crippen molar-refractivity contribution in [2.24, 2.45) is 0 Å². The quantitative estimate of drug-likeness (QED) is 0.723. The van der Waals surface area contributed by atoms with E-state index in [1.165, 1.54) is 51.4 Å². The number of hydrogen-bond donors (Lipinski definition) is 2. The van der Waals surface area contributed by atoms with Crippen molar-refractivity contribution in [2.75, 3.05) is 26.8 Å². The maximum atomic E-state index is 10.2. The minimum Gasteiger partial charge on any atom is -0.391 e. The first-order valence-corrected chi connectivity index (χ1v) is 9.41. The highest BCUT2D eigenvalue weighted by atomic mass is 16.5. The highest BCUT2D eigenvalue weighted by Gasteiger charge is 2.31. The van der Waals surface area contributed by atoms with E-state index in [1.807, 2.05) is 0 Å². The number of rotatable bonds is 8. The summed E-state index contributed by atoms with van der Waals surface area (Å²) in [4.78, 5) is 2.54. The van der Waals surface area contributed by atoms with Crippen molar-refractivity contribution in [3.05, 3.63) is 0 Å². The summed E-state index contributed by atoms with van der Waals surface area (Å²) in [6, 6.07) is 1.54. The maximum absolute atomic E-state index is 10.2. The first kappa shape index (κ1) is 18.2. The van der Waals surface area contributed by atoms with Crippen LogP contribution in [0.15, 0.2) is 0 Å². The Labute approximate surface area is 136 Å². The fourth-order valence-electron chi connectivity index (χ4n) is 4.12. The third kappa shape index (κ3) is 5.48. The van der Waals surface area contributed by atoms with Gasteiger partial charge in [0.05, 0.1) is 12.7 Å². The largest absolute Gasteiger partial charge is 0.391 e. The van der Waals surface area contributed by atoms with Gasteiger partial charge in [0.25, 0.3) is 0 Å². The number of nitrogens with one attached hydrogen (secondary N) is 1. The molecule has 0 aromatic carbocycles. The highest BCUT2D eigenvalue weighted by molar-refractivity contribution is 4.88. The predicted molar refractivity (Wildman–Crippen MR) is 91.2 cm³/mol. The monoisotopic (exact) mass is 312 g/mol. The van der Waals surface area contributed by atoms with Crippen LogP contribution < -0.4 is 5.32 Å². The van der Waals surface area contributed by atoms with Gasteiger partial charge in [0.1, 0.15) is 0 Å². The number of unbranched alkanes of at least 4 members (excludes halogenated alkanes) is 1. The lowest BCUT2D eigenvalue weighted by atomic mass is 9.89. The van der Waals surface area contributed by atoms with Crippen LogP contribution in [0.5, 0.6) is 0 Å². The molecule has 1 aliphatic carbocycles. The molecule has 2 aliphatic rings. The summed E-state index contributed by atoms with van der Waals surface area (Å²) in [6.07, 6.45) is 10.7. The van der Waals surface area contributed by atoms with Gasteiger partial charge in [-0.1, -0.05) is 32.6 Å². The summed E-state index contributed by atoms with van der Waals surface area (Å²) in [7, 11) is 1.80. The Morgan fingerprint density at radius 3 is 2.55 bits per heavy atom. The molecular weight excluding hydrogens is 276 g/mol. The third-order valence-electron chi connectivity index (χ3n) is 5.44. The molecule has 2 N–H and O–H groups in total. The van der Waals surface area contributed by atoms with Gasteiger partial charge in [0.15, 0.2) is 0 Å². The van der Waals surface area contributed by atoms with Crippen LogP contribution in [0.25, 0.3) is 0 Å². The van der Waals surface area contributed by atoms with Crippen LogP contribution in [0.1, 0.15) is 64.7 Å². The van der Waals surface area contributed by atoms with Gasteiger partial charge in [-0.05, 0) is 32.1 Å². The molecule has 2 rings (SSSR count). The van der Waals surface area contributed by atoms with Crippen LogP contribution in [0, 0.1) is 0 Å². The zero-order valence-corrected chi connectivity index (χ0v) is 14.6. The summed E-state index contributed by atoms with van der Waals surface area (Å²) in [6.45, 7) is 5.33. The fraction of sp³-hybridized carbons (Fsp3) is 1.00. The van der Waals surface area contributed by atoms with E-state index in [2.05, 4.69) is 17.1 Å². The topological polar surface area (TPSA) is 44.7 Å². The molecule has 3 atom stereocenters. The molecule has 0 aromatic rings. The van der Waals surface area contributed by atoms with Gasteiger partial charge in [-0.15, -0.1) is 0 Å². The maximum Gasteiger partial charge on any atom is 0.0695 e. The van der Waals surface area contributed by atoms with Crippen molar-refractivity contribution < 1.29 is 9.84 Å². The Bertz CT molecular complexity index is 293. The van der Waals surface area contributed by atoms with E-state index in [-0.39, 0.29) is 6.10 Å². The van der Waals surface area contributed by atoms with Crippen LogP contribution in [0.3, 0.4) is 0 Å².